The van der Waals surface area contributed by atoms with Gasteiger partial charge in [0.1, 0.15) is 0 Å². The number of pyridine rings is 1. The molecule has 0 aromatic carbocycles. The first kappa shape index (κ1) is 12.2. The first-order valence-electron chi connectivity index (χ1n) is 6.48. The lowest BCUT2D eigenvalue weighted by Gasteiger charge is -2.08. The van der Waals surface area contributed by atoms with Gasteiger partial charge in [-0.25, -0.2) is 0 Å². The summed E-state index contributed by atoms with van der Waals surface area (Å²) >= 11 is 3.59. The fourth-order valence-corrected chi connectivity index (χ4v) is 4.87. The summed E-state index contributed by atoms with van der Waals surface area (Å²) in [6.45, 7) is 0. The molecule has 1 aliphatic heterocycles. The maximum absolute atomic E-state index is 12.7. The summed E-state index contributed by atoms with van der Waals surface area (Å²) in [5.74, 6) is 2.31. The zero-order valence-electron chi connectivity index (χ0n) is 10.7. The molecule has 5 heteroatoms. The number of hydrogen-bond donors (Lipinski definition) is 1. The summed E-state index contributed by atoms with van der Waals surface area (Å²) in [5, 5.41) is 0.901. The number of thioether (sulfide) groups is 1. The number of aromatic nitrogens is 2. The Labute approximate surface area is 124 Å². The Balaban J connectivity index is 1.78. The summed E-state index contributed by atoms with van der Waals surface area (Å²) in [5.41, 5.74) is 3.02. The standard InChI is InChI=1S/C15H12N2OS2/c18-15(11-7-17-12-1-3-16-6-10(11)12)14-5-9-8-19-4-2-13(9)20-14/h1,3,5-7,17H,2,4,8H2. The molecule has 0 bridgehead atoms. The van der Waals surface area contributed by atoms with Crippen LogP contribution < -0.4 is 0 Å². The number of hydrogen-bond acceptors (Lipinski definition) is 4. The zero-order valence-corrected chi connectivity index (χ0v) is 12.3. The lowest BCUT2D eigenvalue weighted by molar-refractivity contribution is 0.104. The number of nitrogens with one attached hydrogen (secondary N) is 1. The predicted octanol–water partition coefficient (Wildman–Crippen LogP) is 3.64. The first-order valence-corrected chi connectivity index (χ1v) is 8.45. The van der Waals surface area contributed by atoms with Crippen LogP contribution in [0.25, 0.3) is 10.9 Å². The van der Waals surface area contributed by atoms with Crippen LogP contribution in [0.3, 0.4) is 0 Å². The van der Waals surface area contributed by atoms with Gasteiger partial charge in [0, 0.05) is 40.1 Å². The van der Waals surface area contributed by atoms with E-state index in [4.69, 9.17) is 0 Å². The zero-order chi connectivity index (χ0) is 13.5. The highest BCUT2D eigenvalue weighted by Crippen LogP contribution is 2.33. The second-order valence-corrected chi connectivity index (χ2v) is 7.06. The van der Waals surface area contributed by atoms with Gasteiger partial charge in [0.05, 0.1) is 10.4 Å². The van der Waals surface area contributed by atoms with E-state index >= 15 is 0 Å². The van der Waals surface area contributed by atoms with Crippen LogP contribution in [-0.4, -0.2) is 21.5 Å². The lowest BCUT2D eigenvalue weighted by Crippen LogP contribution is -1.97. The Bertz CT molecular complexity index is 780. The molecule has 100 valence electrons. The average molecular weight is 300 g/mol. The van der Waals surface area contributed by atoms with Crippen molar-refractivity contribution >= 4 is 39.8 Å². The molecule has 3 aromatic rings. The van der Waals surface area contributed by atoms with E-state index < -0.39 is 0 Å². The second-order valence-electron chi connectivity index (χ2n) is 4.81. The molecule has 0 radical (unpaired) electrons. The Morgan fingerprint density at radius 2 is 2.35 bits per heavy atom. The number of rotatable bonds is 2. The van der Waals surface area contributed by atoms with Gasteiger partial charge in [-0.15, -0.1) is 11.3 Å². The summed E-state index contributed by atoms with van der Waals surface area (Å²) in [6, 6.07) is 3.96. The summed E-state index contributed by atoms with van der Waals surface area (Å²) < 4.78 is 0. The third-order valence-corrected chi connectivity index (χ3v) is 5.82. The van der Waals surface area contributed by atoms with E-state index in [-0.39, 0.29) is 5.78 Å². The molecule has 1 aliphatic rings. The van der Waals surface area contributed by atoms with Crippen molar-refractivity contribution in [2.75, 3.05) is 5.75 Å². The van der Waals surface area contributed by atoms with Crippen LogP contribution in [-0.2, 0) is 12.2 Å². The largest absolute Gasteiger partial charge is 0.360 e. The molecule has 0 saturated carbocycles. The van der Waals surface area contributed by atoms with Crippen molar-refractivity contribution < 1.29 is 4.79 Å². The Hall–Kier alpha value is -1.59. The van der Waals surface area contributed by atoms with E-state index in [1.54, 1.807) is 29.9 Å². The van der Waals surface area contributed by atoms with Gasteiger partial charge in [-0.1, -0.05) is 0 Å². The van der Waals surface area contributed by atoms with Crippen LogP contribution >= 0.6 is 23.1 Å². The number of nitrogens with zero attached hydrogens (tertiary/aromatic N) is 1. The van der Waals surface area contributed by atoms with Crippen molar-refractivity contribution in [2.45, 2.75) is 12.2 Å². The van der Waals surface area contributed by atoms with Crippen molar-refractivity contribution in [3.63, 3.8) is 0 Å². The number of carbonyl (C=O) groups excluding carboxylic acids is 1. The molecule has 0 fully saturated rings. The number of fused-ring (bicyclic) bond motifs is 2. The molecule has 3 nitrogen and oxygen atoms in total. The molecular formula is C15H12N2OS2. The molecule has 0 amide bonds. The van der Waals surface area contributed by atoms with E-state index in [1.807, 2.05) is 17.8 Å². The quantitative estimate of drug-likeness (QED) is 0.735. The Morgan fingerprint density at radius 3 is 3.25 bits per heavy atom. The molecule has 4 heterocycles. The van der Waals surface area contributed by atoms with Crippen molar-refractivity contribution in [2.24, 2.45) is 0 Å². The van der Waals surface area contributed by atoms with Crippen molar-refractivity contribution in [3.05, 3.63) is 51.6 Å². The van der Waals surface area contributed by atoms with Gasteiger partial charge >= 0.3 is 0 Å². The topological polar surface area (TPSA) is 45.8 Å². The molecule has 0 aliphatic carbocycles. The van der Waals surface area contributed by atoms with Crippen LogP contribution in [0.1, 0.15) is 25.7 Å². The van der Waals surface area contributed by atoms with Gasteiger partial charge in [-0.2, -0.15) is 11.8 Å². The number of H-pyrrole nitrogens is 1. The maximum Gasteiger partial charge on any atom is 0.205 e. The van der Waals surface area contributed by atoms with E-state index in [1.165, 1.54) is 10.4 Å². The maximum atomic E-state index is 12.7. The summed E-state index contributed by atoms with van der Waals surface area (Å²) in [6.07, 6.45) is 6.37. The molecule has 1 N–H and O–H groups in total. The number of aromatic amines is 1. The van der Waals surface area contributed by atoms with Gasteiger partial charge in [0.25, 0.3) is 0 Å². The van der Waals surface area contributed by atoms with E-state index in [2.05, 4.69) is 16.0 Å². The molecular weight excluding hydrogens is 288 g/mol. The molecule has 0 saturated heterocycles. The number of aryl methyl sites for hydroxylation is 1. The fourth-order valence-electron chi connectivity index (χ4n) is 2.54. The van der Waals surface area contributed by atoms with Crippen LogP contribution in [0.5, 0.6) is 0 Å². The van der Waals surface area contributed by atoms with Crippen LogP contribution in [0.4, 0.5) is 0 Å². The number of ketones is 1. The monoisotopic (exact) mass is 300 g/mol. The van der Waals surface area contributed by atoms with E-state index in [0.29, 0.717) is 0 Å². The highest BCUT2D eigenvalue weighted by atomic mass is 32.2. The first-order chi connectivity index (χ1) is 9.83. The van der Waals surface area contributed by atoms with Crippen molar-refractivity contribution in [3.8, 4) is 0 Å². The normalized spacial score (nSPS) is 14.4. The van der Waals surface area contributed by atoms with Gasteiger partial charge in [-0.3, -0.25) is 9.78 Å². The second kappa shape index (κ2) is 4.75. The van der Waals surface area contributed by atoms with Crippen molar-refractivity contribution in [1.82, 2.24) is 9.97 Å². The molecule has 20 heavy (non-hydrogen) atoms. The van der Waals surface area contributed by atoms with Gasteiger partial charge in [0.15, 0.2) is 0 Å². The summed E-state index contributed by atoms with van der Waals surface area (Å²) in [4.78, 5) is 22.2. The molecule has 0 spiro atoms. The molecule has 3 aromatic heterocycles. The minimum Gasteiger partial charge on any atom is -0.360 e. The molecule has 0 unspecified atom stereocenters. The smallest absolute Gasteiger partial charge is 0.205 e. The van der Waals surface area contributed by atoms with Crippen molar-refractivity contribution in [1.29, 1.82) is 0 Å². The predicted molar refractivity (Wildman–Crippen MR) is 83.7 cm³/mol. The number of carbonyl (C=O) groups is 1. The third kappa shape index (κ3) is 1.89. The Kier molecular flexibility index (Phi) is 2.89. The lowest BCUT2D eigenvalue weighted by atomic mass is 10.1. The highest BCUT2D eigenvalue weighted by Gasteiger charge is 2.20. The minimum atomic E-state index is 0.105. The van der Waals surface area contributed by atoms with E-state index in [0.717, 1.165) is 39.3 Å². The number of thiophene rings is 1. The van der Waals surface area contributed by atoms with Crippen LogP contribution in [0.2, 0.25) is 0 Å². The highest BCUT2D eigenvalue weighted by molar-refractivity contribution is 7.98. The minimum absolute atomic E-state index is 0.105. The Morgan fingerprint density at radius 1 is 1.40 bits per heavy atom. The van der Waals surface area contributed by atoms with Gasteiger partial charge in [0.2, 0.25) is 5.78 Å². The van der Waals surface area contributed by atoms with E-state index in [9.17, 15) is 4.79 Å². The molecule has 4 rings (SSSR count). The van der Waals surface area contributed by atoms with Gasteiger partial charge in [-0.05, 0) is 29.9 Å². The molecule has 0 atom stereocenters. The SMILES string of the molecule is O=C(c1cc2c(s1)CCSC2)c1c[nH]c2ccncc12. The van der Waals surface area contributed by atoms with Gasteiger partial charge < -0.3 is 4.98 Å². The summed E-state index contributed by atoms with van der Waals surface area (Å²) in [7, 11) is 0. The van der Waals surface area contributed by atoms with Crippen LogP contribution in [0.15, 0.2) is 30.7 Å². The average Bonchev–Trinajstić information content (AvgIpc) is 3.10. The van der Waals surface area contributed by atoms with Crippen LogP contribution in [0, 0.1) is 0 Å². The third-order valence-electron chi connectivity index (χ3n) is 3.58. The fraction of sp³-hybridized carbons (Fsp3) is 0.200.